The molecule has 4 nitrogen and oxygen atoms in total. The Morgan fingerprint density at radius 3 is 2.81 bits per heavy atom. The van der Waals surface area contributed by atoms with Crippen LogP contribution in [-0.4, -0.2) is 16.9 Å². The van der Waals surface area contributed by atoms with Crippen molar-refractivity contribution in [1.82, 2.24) is 10.3 Å². The summed E-state index contributed by atoms with van der Waals surface area (Å²) in [6.45, 7) is 2.60. The van der Waals surface area contributed by atoms with Crippen molar-refractivity contribution in [3.63, 3.8) is 0 Å². The minimum absolute atomic E-state index is 0.0785. The number of unbranched alkanes of at least 4 members (excludes halogenated alkanes) is 1. The molecule has 4 heteroatoms. The Hall–Kier alpha value is -1.42. The maximum absolute atomic E-state index is 11.6. The molecule has 0 fully saturated rings. The Morgan fingerprint density at radius 1 is 1.50 bits per heavy atom. The lowest BCUT2D eigenvalue weighted by Gasteiger charge is -2.11. The van der Waals surface area contributed by atoms with Gasteiger partial charge in [-0.3, -0.25) is 9.78 Å². The molecule has 88 valence electrons. The molecule has 0 aliphatic carbocycles. The summed E-state index contributed by atoms with van der Waals surface area (Å²) in [5.74, 6) is -0.0785. The number of amides is 1. The smallest absolute Gasteiger partial charge is 0.237 e. The molecular formula is C12H19N3O. The lowest BCUT2D eigenvalue weighted by atomic mass is 10.1. The highest BCUT2D eigenvalue weighted by Crippen LogP contribution is 1.99. The molecule has 0 bridgehead atoms. The maximum atomic E-state index is 11.6. The molecule has 1 heterocycles. The van der Waals surface area contributed by atoms with E-state index in [0.717, 1.165) is 24.8 Å². The molecule has 16 heavy (non-hydrogen) atoms. The standard InChI is InChI=1S/C12H19N3O/c1-2-3-4-11(13)12(16)15-9-10-5-7-14-8-6-10/h5-8,11H,2-4,9,13H2,1H3,(H,15,16)/t11-/m0/s1. The number of pyridine rings is 1. The van der Waals surface area contributed by atoms with E-state index in [1.165, 1.54) is 0 Å². The summed E-state index contributed by atoms with van der Waals surface area (Å²) in [6, 6.07) is 3.36. The fourth-order valence-electron chi connectivity index (χ4n) is 1.38. The third-order valence-electron chi connectivity index (χ3n) is 2.42. The van der Waals surface area contributed by atoms with Crippen LogP contribution in [0.5, 0.6) is 0 Å². The van der Waals surface area contributed by atoms with Gasteiger partial charge < -0.3 is 11.1 Å². The number of carbonyl (C=O) groups is 1. The summed E-state index contributed by atoms with van der Waals surface area (Å²) in [6.07, 6.45) is 6.21. The van der Waals surface area contributed by atoms with Gasteiger partial charge in [0.05, 0.1) is 6.04 Å². The van der Waals surface area contributed by atoms with Crippen LogP contribution in [-0.2, 0) is 11.3 Å². The van der Waals surface area contributed by atoms with Gasteiger partial charge in [-0.05, 0) is 24.1 Å². The highest BCUT2D eigenvalue weighted by molar-refractivity contribution is 5.81. The van der Waals surface area contributed by atoms with Crippen molar-refractivity contribution in [3.8, 4) is 0 Å². The Labute approximate surface area is 96.3 Å². The number of carbonyl (C=O) groups excluding carboxylic acids is 1. The zero-order valence-electron chi connectivity index (χ0n) is 9.65. The topological polar surface area (TPSA) is 68.0 Å². The molecular weight excluding hydrogens is 202 g/mol. The highest BCUT2D eigenvalue weighted by atomic mass is 16.2. The van der Waals surface area contributed by atoms with Gasteiger partial charge in [0.15, 0.2) is 0 Å². The molecule has 0 radical (unpaired) electrons. The van der Waals surface area contributed by atoms with Gasteiger partial charge in [0.25, 0.3) is 0 Å². The SMILES string of the molecule is CCCC[C@H](N)C(=O)NCc1ccncc1. The van der Waals surface area contributed by atoms with E-state index in [1.54, 1.807) is 12.4 Å². The number of hydrogen-bond donors (Lipinski definition) is 2. The van der Waals surface area contributed by atoms with Crippen molar-refractivity contribution >= 4 is 5.91 Å². The van der Waals surface area contributed by atoms with Crippen molar-refractivity contribution in [2.24, 2.45) is 5.73 Å². The second-order valence-corrected chi connectivity index (χ2v) is 3.82. The molecule has 1 atom stereocenters. The summed E-state index contributed by atoms with van der Waals surface area (Å²) in [5, 5.41) is 2.82. The van der Waals surface area contributed by atoms with E-state index in [9.17, 15) is 4.79 Å². The predicted octanol–water partition coefficient (Wildman–Crippen LogP) is 1.22. The van der Waals surface area contributed by atoms with Crippen LogP contribution < -0.4 is 11.1 Å². The van der Waals surface area contributed by atoms with Gasteiger partial charge in [-0.1, -0.05) is 19.8 Å². The van der Waals surface area contributed by atoms with Crippen LogP contribution in [0.15, 0.2) is 24.5 Å². The number of nitrogens with two attached hydrogens (primary N) is 1. The van der Waals surface area contributed by atoms with Crippen molar-refractivity contribution in [2.75, 3.05) is 0 Å². The zero-order valence-corrected chi connectivity index (χ0v) is 9.65. The molecule has 0 unspecified atom stereocenters. The molecule has 1 amide bonds. The van der Waals surface area contributed by atoms with Crippen molar-refractivity contribution in [3.05, 3.63) is 30.1 Å². The van der Waals surface area contributed by atoms with Crippen LogP contribution in [0.2, 0.25) is 0 Å². The number of nitrogens with zero attached hydrogens (tertiary/aromatic N) is 1. The van der Waals surface area contributed by atoms with Crippen molar-refractivity contribution in [2.45, 2.75) is 38.8 Å². The van der Waals surface area contributed by atoms with Crippen LogP contribution >= 0.6 is 0 Å². The summed E-state index contributed by atoms with van der Waals surface area (Å²) < 4.78 is 0. The Bertz CT molecular complexity index is 313. The number of nitrogens with one attached hydrogen (secondary N) is 1. The Balaban J connectivity index is 2.29. The third-order valence-corrected chi connectivity index (χ3v) is 2.42. The number of rotatable bonds is 6. The predicted molar refractivity (Wildman–Crippen MR) is 63.6 cm³/mol. The van der Waals surface area contributed by atoms with Crippen LogP contribution in [0.25, 0.3) is 0 Å². The first-order valence-electron chi connectivity index (χ1n) is 5.66. The van der Waals surface area contributed by atoms with Gasteiger partial charge in [0.2, 0.25) is 5.91 Å². The normalized spacial score (nSPS) is 12.1. The summed E-state index contributed by atoms with van der Waals surface area (Å²) in [4.78, 5) is 15.5. The minimum atomic E-state index is -0.387. The van der Waals surface area contributed by atoms with Crippen molar-refractivity contribution < 1.29 is 4.79 Å². The first-order chi connectivity index (χ1) is 7.74. The molecule has 0 spiro atoms. The van der Waals surface area contributed by atoms with Crippen molar-refractivity contribution in [1.29, 1.82) is 0 Å². The van der Waals surface area contributed by atoms with Gasteiger partial charge >= 0.3 is 0 Å². The highest BCUT2D eigenvalue weighted by Gasteiger charge is 2.11. The summed E-state index contributed by atoms with van der Waals surface area (Å²) in [7, 11) is 0. The molecule has 1 rings (SSSR count). The van der Waals surface area contributed by atoms with Crippen LogP contribution in [0.4, 0.5) is 0 Å². The average Bonchev–Trinajstić information content (AvgIpc) is 2.34. The van der Waals surface area contributed by atoms with Crippen LogP contribution in [0, 0.1) is 0 Å². The molecule has 3 N–H and O–H groups in total. The van der Waals surface area contributed by atoms with Gasteiger partial charge in [-0.25, -0.2) is 0 Å². The maximum Gasteiger partial charge on any atom is 0.237 e. The molecule has 1 aromatic rings. The molecule has 0 saturated carbocycles. The second kappa shape index (κ2) is 6.95. The monoisotopic (exact) mass is 221 g/mol. The lowest BCUT2D eigenvalue weighted by molar-refractivity contribution is -0.122. The minimum Gasteiger partial charge on any atom is -0.351 e. The molecule has 0 aliphatic heterocycles. The summed E-state index contributed by atoms with van der Waals surface area (Å²) in [5.41, 5.74) is 6.78. The van der Waals surface area contributed by atoms with E-state index in [-0.39, 0.29) is 11.9 Å². The first kappa shape index (κ1) is 12.6. The zero-order chi connectivity index (χ0) is 11.8. The molecule has 0 aromatic carbocycles. The van der Waals surface area contributed by atoms with Gasteiger partial charge in [0.1, 0.15) is 0 Å². The summed E-state index contributed by atoms with van der Waals surface area (Å²) >= 11 is 0. The average molecular weight is 221 g/mol. The molecule has 0 aliphatic rings. The Kier molecular flexibility index (Phi) is 5.50. The fraction of sp³-hybridized carbons (Fsp3) is 0.500. The van der Waals surface area contributed by atoms with E-state index in [0.29, 0.717) is 6.54 Å². The van der Waals surface area contributed by atoms with E-state index in [4.69, 9.17) is 5.73 Å². The fourth-order valence-corrected chi connectivity index (χ4v) is 1.38. The molecule has 0 saturated heterocycles. The van der Waals surface area contributed by atoms with Gasteiger partial charge in [0, 0.05) is 18.9 Å². The quantitative estimate of drug-likeness (QED) is 0.758. The second-order valence-electron chi connectivity index (χ2n) is 3.82. The Morgan fingerprint density at radius 2 is 2.19 bits per heavy atom. The van der Waals surface area contributed by atoms with Gasteiger partial charge in [-0.2, -0.15) is 0 Å². The number of hydrogen-bond acceptors (Lipinski definition) is 3. The van der Waals surface area contributed by atoms with E-state index >= 15 is 0 Å². The largest absolute Gasteiger partial charge is 0.351 e. The lowest BCUT2D eigenvalue weighted by Crippen LogP contribution is -2.40. The van der Waals surface area contributed by atoms with Crippen LogP contribution in [0.3, 0.4) is 0 Å². The third kappa shape index (κ3) is 4.40. The number of aromatic nitrogens is 1. The van der Waals surface area contributed by atoms with E-state index in [1.807, 2.05) is 12.1 Å². The van der Waals surface area contributed by atoms with E-state index < -0.39 is 0 Å². The van der Waals surface area contributed by atoms with E-state index in [2.05, 4.69) is 17.2 Å². The van der Waals surface area contributed by atoms with Gasteiger partial charge in [-0.15, -0.1) is 0 Å². The molecule has 1 aromatic heterocycles. The van der Waals surface area contributed by atoms with Crippen LogP contribution in [0.1, 0.15) is 31.7 Å². The first-order valence-corrected chi connectivity index (χ1v) is 5.66.